The van der Waals surface area contributed by atoms with Crippen molar-refractivity contribution < 1.29 is 24.5 Å². The van der Waals surface area contributed by atoms with Gasteiger partial charge in [0.1, 0.15) is 11.6 Å². The quantitative estimate of drug-likeness (QED) is 0.577. The first-order valence-corrected chi connectivity index (χ1v) is 10.7. The molecule has 1 rings (SSSR count). The second kappa shape index (κ2) is 10.1. The van der Waals surface area contributed by atoms with E-state index in [1.165, 1.54) is 0 Å². The molecule has 5 heteroatoms. The molecule has 0 bridgehead atoms. The van der Waals surface area contributed by atoms with Gasteiger partial charge in [0.05, 0.1) is 18.1 Å². The van der Waals surface area contributed by atoms with Crippen LogP contribution < -0.4 is 0 Å². The maximum atomic E-state index is 13.1. The van der Waals surface area contributed by atoms with Crippen molar-refractivity contribution in [3.63, 3.8) is 0 Å². The highest BCUT2D eigenvalue weighted by atomic mass is 16.6. The number of allylic oxidation sites excluding steroid dienone is 2. The van der Waals surface area contributed by atoms with Gasteiger partial charge in [-0.2, -0.15) is 0 Å². The predicted octanol–water partition coefficient (Wildman–Crippen LogP) is 3.91. The normalized spacial score (nSPS) is 34.6. The summed E-state index contributed by atoms with van der Waals surface area (Å²) in [5.41, 5.74) is 1.15. The molecule has 2 N–H and O–H groups in total. The smallest absolute Gasteiger partial charge is 0.180 e. The fourth-order valence-electron chi connectivity index (χ4n) is 4.53. The van der Waals surface area contributed by atoms with E-state index in [4.69, 9.17) is 4.74 Å². The number of aliphatic hydroxyl groups is 2. The van der Waals surface area contributed by atoms with Crippen molar-refractivity contribution >= 4 is 11.6 Å². The number of carbonyl (C=O) groups excluding carboxylic acids is 2. The van der Waals surface area contributed by atoms with Gasteiger partial charge in [0.25, 0.3) is 0 Å². The van der Waals surface area contributed by atoms with Crippen molar-refractivity contribution in [2.24, 2.45) is 29.6 Å². The van der Waals surface area contributed by atoms with E-state index < -0.39 is 35.7 Å². The number of rotatable bonds is 9. The highest BCUT2D eigenvalue weighted by Gasteiger charge is 2.56. The monoisotopic (exact) mass is 396 g/mol. The maximum Gasteiger partial charge on any atom is 0.180 e. The lowest BCUT2D eigenvalue weighted by molar-refractivity contribution is -0.337. The predicted molar refractivity (Wildman–Crippen MR) is 111 cm³/mol. The Kier molecular flexibility index (Phi) is 9.04. The summed E-state index contributed by atoms with van der Waals surface area (Å²) in [6.07, 6.45) is 2.53. The Labute approximate surface area is 170 Å². The molecule has 0 unspecified atom stereocenters. The van der Waals surface area contributed by atoms with Crippen molar-refractivity contribution in [2.75, 3.05) is 0 Å². The zero-order chi connectivity index (χ0) is 21.8. The molecular formula is C23H40O5. The Balaban J connectivity index is 3.11. The first-order valence-electron chi connectivity index (χ1n) is 10.7. The van der Waals surface area contributed by atoms with Gasteiger partial charge in [0.2, 0.25) is 0 Å². The van der Waals surface area contributed by atoms with Crippen LogP contribution in [-0.4, -0.2) is 39.8 Å². The van der Waals surface area contributed by atoms with Gasteiger partial charge in [-0.25, -0.2) is 0 Å². The third kappa shape index (κ3) is 5.11. The molecule has 1 aliphatic heterocycles. The molecule has 5 nitrogen and oxygen atoms in total. The van der Waals surface area contributed by atoms with Crippen LogP contribution in [0.3, 0.4) is 0 Å². The van der Waals surface area contributed by atoms with E-state index in [0.29, 0.717) is 12.8 Å². The first-order chi connectivity index (χ1) is 12.9. The molecule has 0 aliphatic carbocycles. The minimum atomic E-state index is -1.80. The van der Waals surface area contributed by atoms with Crippen LogP contribution in [0.2, 0.25) is 0 Å². The lowest BCUT2D eigenvalue weighted by Crippen LogP contribution is -2.63. The van der Waals surface area contributed by atoms with Crippen molar-refractivity contribution in [3.8, 4) is 0 Å². The maximum absolute atomic E-state index is 13.1. The van der Waals surface area contributed by atoms with Gasteiger partial charge in [-0.05, 0) is 19.8 Å². The van der Waals surface area contributed by atoms with Crippen LogP contribution in [0.25, 0.3) is 0 Å². The largest absolute Gasteiger partial charge is 0.392 e. The third-order valence-corrected chi connectivity index (χ3v) is 6.61. The van der Waals surface area contributed by atoms with Crippen molar-refractivity contribution in [2.45, 2.75) is 92.6 Å². The molecule has 0 radical (unpaired) electrons. The standard InChI is InChI=1S/C23H40O5/c1-9-11-13(3)12-14(4)20(25)17(7)23(27)18(8)21(26)16(6)22(28-23)15(5)19(24)10-2/h11,14-18,21-22,26-27H,9-10,12H2,1-8H3/b13-11+/t14-,15-,16-,17-,18+,21+,22+,23-/m1/s1. The minimum Gasteiger partial charge on any atom is -0.392 e. The molecule has 162 valence electrons. The van der Waals surface area contributed by atoms with E-state index in [1.54, 1.807) is 27.7 Å². The Morgan fingerprint density at radius 3 is 2.25 bits per heavy atom. The molecule has 1 heterocycles. The minimum absolute atomic E-state index is 0.0219. The number of hydrogen-bond acceptors (Lipinski definition) is 5. The lowest BCUT2D eigenvalue weighted by Gasteiger charge is -2.51. The molecule has 0 aromatic carbocycles. The number of carbonyl (C=O) groups is 2. The molecule has 1 aliphatic rings. The zero-order valence-electron chi connectivity index (χ0n) is 18.9. The fourth-order valence-corrected chi connectivity index (χ4v) is 4.53. The fraction of sp³-hybridized carbons (Fsp3) is 0.826. The summed E-state index contributed by atoms with van der Waals surface area (Å²) in [5.74, 6) is -4.34. The SMILES string of the molecule is CC/C=C(\C)C[C@@H](C)C(=O)[C@@H](C)[C@@]1(O)O[C@@H]([C@H](C)C(=O)CC)[C@H](C)[C@H](O)[C@@H]1C. The van der Waals surface area contributed by atoms with Gasteiger partial charge in [-0.1, -0.05) is 60.1 Å². The van der Waals surface area contributed by atoms with Crippen LogP contribution in [0.15, 0.2) is 11.6 Å². The molecule has 8 atom stereocenters. The van der Waals surface area contributed by atoms with Crippen molar-refractivity contribution in [1.82, 2.24) is 0 Å². The third-order valence-electron chi connectivity index (χ3n) is 6.61. The molecule has 0 spiro atoms. The highest BCUT2D eigenvalue weighted by molar-refractivity contribution is 5.84. The van der Waals surface area contributed by atoms with E-state index in [-0.39, 0.29) is 23.4 Å². The Bertz CT molecular complexity index is 584. The van der Waals surface area contributed by atoms with Gasteiger partial charge < -0.3 is 14.9 Å². The van der Waals surface area contributed by atoms with Gasteiger partial charge in [0, 0.05) is 30.1 Å². The van der Waals surface area contributed by atoms with E-state index in [0.717, 1.165) is 12.0 Å². The summed E-state index contributed by atoms with van der Waals surface area (Å²) in [7, 11) is 0. The van der Waals surface area contributed by atoms with Crippen LogP contribution >= 0.6 is 0 Å². The van der Waals surface area contributed by atoms with Gasteiger partial charge in [-0.15, -0.1) is 0 Å². The zero-order valence-corrected chi connectivity index (χ0v) is 18.9. The van der Waals surface area contributed by atoms with E-state index in [1.807, 2.05) is 20.8 Å². The summed E-state index contributed by atoms with van der Waals surface area (Å²) in [5, 5.41) is 22.2. The Morgan fingerprint density at radius 1 is 1.18 bits per heavy atom. The molecule has 0 aromatic rings. The summed E-state index contributed by atoms with van der Waals surface area (Å²) in [4.78, 5) is 25.3. The molecule has 0 aromatic heterocycles. The van der Waals surface area contributed by atoms with Gasteiger partial charge >= 0.3 is 0 Å². The molecular weight excluding hydrogens is 356 g/mol. The number of aliphatic hydroxyl groups excluding tert-OH is 1. The lowest BCUT2D eigenvalue weighted by atomic mass is 9.71. The van der Waals surface area contributed by atoms with Crippen LogP contribution in [-0.2, 0) is 14.3 Å². The Morgan fingerprint density at radius 2 is 1.75 bits per heavy atom. The summed E-state index contributed by atoms with van der Waals surface area (Å²) in [6, 6.07) is 0. The van der Waals surface area contributed by atoms with E-state index in [2.05, 4.69) is 13.0 Å². The van der Waals surface area contributed by atoms with Crippen LogP contribution in [0.1, 0.15) is 74.7 Å². The molecule has 28 heavy (non-hydrogen) atoms. The topological polar surface area (TPSA) is 83.8 Å². The first kappa shape index (κ1) is 25.0. The Hall–Kier alpha value is -1.04. The van der Waals surface area contributed by atoms with Crippen LogP contribution in [0, 0.1) is 29.6 Å². The highest BCUT2D eigenvalue weighted by Crippen LogP contribution is 2.43. The van der Waals surface area contributed by atoms with Crippen LogP contribution in [0.5, 0.6) is 0 Å². The molecule has 1 fully saturated rings. The number of ketones is 2. The molecule has 0 amide bonds. The van der Waals surface area contributed by atoms with Crippen molar-refractivity contribution in [3.05, 3.63) is 11.6 Å². The molecule has 0 saturated carbocycles. The summed E-state index contributed by atoms with van der Waals surface area (Å²) < 4.78 is 6.08. The average Bonchev–Trinajstić information content (AvgIpc) is 2.66. The van der Waals surface area contributed by atoms with E-state index in [9.17, 15) is 19.8 Å². The van der Waals surface area contributed by atoms with E-state index >= 15 is 0 Å². The van der Waals surface area contributed by atoms with Crippen molar-refractivity contribution in [1.29, 1.82) is 0 Å². The number of hydrogen-bond donors (Lipinski definition) is 2. The average molecular weight is 397 g/mol. The van der Waals surface area contributed by atoms with Crippen LogP contribution in [0.4, 0.5) is 0 Å². The summed E-state index contributed by atoms with van der Waals surface area (Å²) >= 11 is 0. The number of Topliss-reactive ketones (excluding diaryl/α,β-unsaturated/α-hetero) is 2. The second-order valence-electron chi connectivity index (χ2n) is 8.77. The van der Waals surface area contributed by atoms with Gasteiger partial charge in [-0.3, -0.25) is 9.59 Å². The summed E-state index contributed by atoms with van der Waals surface area (Å²) in [6.45, 7) is 14.7. The second-order valence-corrected chi connectivity index (χ2v) is 8.77. The molecule has 1 saturated heterocycles. The van der Waals surface area contributed by atoms with Gasteiger partial charge in [0.15, 0.2) is 5.79 Å². The number of ether oxygens (including phenoxy) is 1.